The zero-order valence-electron chi connectivity index (χ0n) is 26.3. The first kappa shape index (κ1) is 36.0. The summed E-state index contributed by atoms with van der Waals surface area (Å²) in [5, 5.41) is 15.2. The zero-order chi connectivity index (χ0) is 33.3. The van der Waals surface area contributed by atoms with Crippen LogP contribution >= 0.6 is 0 Å². The number of methoxy groups -OCH3 is 1. The lowest BCUT2D eigenvalue weighted by Crippen LogP contribution is -2.49. The van der Waals surface area contributed by atoms with Gasteiger partial charge >= 0.3 is 12.1 Å². The summed E-state index contributed by atoms with van der Waals surface area (Å²) < 4.78 is 16.7. The first-order chi connectivity index (χ1) is 22.3. The highest BCUT2D eigenvalue weighted by molar-refractivity contribution is 5.86. The standard InChI is InChI=1S/C35H45N3O8/c1-4-13-27(21-31(40)38-20-12-19-28(38)22-39)33(41)36-30(24-44-3)32(26-17-10-7-11-18-26)46-34(42)29(14-5-2)37-35(43)45-23-25-15-8-6-9-16-25/h4-11,15-18,27-30,32,39H,1-2,12-14,19-24H2,3H3,(H,36,41)(H,37,43)/t27-,28+,29-,30+,32+/m1/s1. The number of hydrogen-bond donors (Lipinski definition) is 3. The minimum Gasteiger partial charge on any atom is -0.454 e. The van der Waals surface area contributed by atoms with E-state index in [4.69, 9.17) is 14.2 Å². The second kappa shape index (κ2) is 19.1. The minimum absolute atomic E-state index is 0.0178. The molecular weight excluding hydrogens is 590 g/mol. The Bertz CT molecular complexity index is 1290. The van der Waals surface area contributed by atoms with Crippen molar-refractivity contribution in [3.05, 3.63) is 97.1 Å². The highest BCUT2D eigenvalue weighted by Gasteiger charge is 2.35. The predicted molar refractivity (Wildman–Crippen MR) is 172 cm³/mol. The number of carbonyl (C=O) groups excluding carboxylic acids is 4. The molecule has 0 aliphatic carbocycles. The van der Waals surface area contributed by atoms with Crippen molar-refractivity contribution in [3.8, 4) is 0 Å². The Balaban J connectivity index is 1.76. The number of benzene rings is 2. The molecule has 0 aromatic heterocycles. The number of nitrogens with zero attached hydrogens (tertiary/aromatic N) is 1. The van der Waals surface area contributed by atoms with E-state index in [1.165, 1.54) is 13.2 Å². The van der Waals surface area contributed by atoms with Crippen LogP contribution in [0.4, 0.5) is 4.79 Å². The molecule has 0 bridgehead atoms. The fourth-order valence-electron chi connectivity index (χ4n) is 5.37. The molecule has 0 saturated carbocycles. The van der Waals surface area contributed by atoms with Crippen LogP contribution in [0.15, 0.2) is 86.0 Å². The monoisotopic (exact) mass is 635 g/mol. The quantitative estimate of drug-likeness (QED) is 0.166. The van der Waals surface area contributed by atoms with Gasteiger partial charge in [0.25, 0.3) is 0 Å². The summed E-state index contributed by atoms with van der Waals surface area (Å²) in [6.07, 6.45) is 2.99. The maximum absolute atomic E-state index is 13.7. The summed E-state index contributed by atoms with van der Waals surface area (Å²) in [5.74, 6) is -2.16. The van der Waals surface area contributed by atoms with Gasteiger partial charge in [-0.3, -0.25) is 9.59 Å². The Hall–Kier alpha value is -4.48. The Morgan fingerprint density at radius 3 is 2.30 bits per heavy atom. The van der Waals surface area contributed by atoms with E-state index in [1.807, 2.05) is 30.3 Å². The Morgan fingerprint density at radius 1 is 1.00 bits per heavy atom. The van der Waals surface area contributed by atoms with Gasteiger partial charge in [-0.05, 0) is 36.8 Å². The van der Waals surface area contributed by atoms with Gasteiger partial charge in [0.1, 0.15) is 18.8 Å². The predicted octanol–water partition coefficient (Wildman–Crippen LogP) is 3.84. The van der Waals surface area contributed by atoms with E-state index in [-0.39, 0.29) is 51.0 Å². The summed E-state index contributed by atoms with van der Waals surface area (Å²) in [5.41, 5.74) is 1.37. The van der Waals surface area contributed by atoms with Gasteiger partial charge in [0.05, 0.1) is 31.2 Å². The molecule has 1 heterocycles. The summed E-state index contributed by atoms with van der Waals surface area (Å²) in [4.78, 5) is 54.5. The van der Waals surface area contributed by atoms with Gasteiger partial charge in [0, 0.05) is 20.1 Å². The van der Waals surface area contributed by atoms with E-state index in [0.717, 1.165) is 12.0 Å². The second-order valence-corrected chi connectivity index (χ2v) is 11.1. The molecule has 3 rings (SSSR count). The van der Waals surface area contributed by atoms with Crippen LogP contribution in [0.5, 0.6) is 0 Å². The van der Waals surface area contributed by atoms with Crippen LogP contribution < -0.4 is 10.6 Å². The summed E-state index contributed by atoms with van der Waals surface area (Å²) in [7, 11) is 1.46. The van der Waals surface area contributed by atoms with Gasteiger partial charge < -0.3 is 34.9 Å². The Morgan fingerprint density at radius 2 is 1.67 bits per heavy atom. The number of aliphatic hydroxyl groups is 1. The normalized spacial score (nSPS) is 16.7. The van der Waals surface area contributed by atoms with E-state index in [2.05, 4.69) is 23.8 Å². The van der Waals surface area contributed by atoms with Crippen molar-refractivity contribution < 1.29 is 38.5 Å². The molecule has 1 aliphatic rings. The smallest absolute Gasteiger partial charge is 0.408 e. The number of aliphatic hydroxyl groups excluding tert-OH is 1. The lowest BCUT2D eigenvalue weighted by atomic mass is 9.97. The highest BCUT2D eigenvalue weighted by Crippen LogP contribution is 2.25. The number of alkyl carbamates (subject to hydrolysis) is 1. The van der Waals surface area contributed by atoms with Crippen molar-refractivity contribution in [2.24, 2.45) is 5.92 Å². The van der Waals surface area contributed by atoms with Crippen LogP contribution in [-0.4, -0.2) is 78.9 Å². The van der Waals surface area contributed by atoms with E-state index >= 15 is 0 Å². The number of hydrogen-bond acceptors (Lipinski definition) is 8. The van der Waals surface area contributed by atoms with E-state index in [1.54, 1.807) is 41.3 Å². The van der Waals surface area contributed by atoms with Crippen molar-refractivity contribution in [1.82, 2.24) is 15.5 Å². The molecule has 3 amide bonds. The van der Waals surface area contributed by atoms with Gasteiger partial charge in [-0.1, -0.05) is 72.8 Å². The van der Waals surface area contributed by atoms with Crippen molar-refractivity contribution in [2.45, 2.75) is 62.9 Å². The third-order valence-electron chi connectivity index (χ3n) is 7.75. The SMILES string of the molecule is C=CC[C@H](CC(=O)N1CCC[C@H]1CO)C(=O)N[C@@H](COC)[C@@H](OC(=O)[C@@H](CC=C)NC(=O)OCc1ccccc1)c1ccccc1. The summed E-state index contributed by atoms with van der Waals surface area (Å²) in [6.45, 7) is 7.85. The molecule has 2 aromatic rings. The summed E-state index contributed by atoms with van der Waals surface area (Å²) >= 11 is 0. The van der Waals surface area contributed by atoms with Gasteiger partial charge in [-0.15, -0.1) is 13.2 Å². The Kier molecular flexibility index (Phi) is 15.0. The molecule has 0 unspecified atom stereocenters. The maximum Gasteiger partial charge on any atom is 0.408 e. The number of ether oxygens (including phenoxy) is 3. The molecule has 1 aliphatic heterocycles. The van der Waals surface area contributed by atoms with Crippen LogP contribution in [0.3, 0.4) is 0 Å². The van der Waals surface area contributed by atoms with Gasteiger partial charge in [0.15, 0.2) is 0 Å². The topological polar surface area (TPSA) is 144 Å². The molecule has 11 heteroatoms. The number of carbonyl (C=O) groups is 4. The number of esters is 1. The van der Waals surface area contributed by atoms with Crippen molar-refractivity contribution in [3.63, 3.8) is 0 Å². The van der Waals surface area contributed by atoms with Crippen LogP contribution in [0, 0.1) is 5.92 Å². The molecule has 11 nitrogen and oxygen atoms in total. The van der Waals surface area contributed by atoms with Crippen molar-refractivity contribution >= 4 is 23.9 Å². The van der Waals surface area contributed by atoms with Crippen molar-refractivity contribution in [2.75, 3.05) is 26.9 Å². The van der Waals surface area contributed by atoms with E-state index in [9.17, 15) is 24.3 Å². The van der Waals surface area contributed by atoms with Gasteiger partial charge in [0.2, 0.25) is 11.8 Å². The summed E-state index contributed by atoms with van der Waals surface area (Å²) in [6, 6.07) is 15.8. The first-order valence-electron chi connectivity index (χ1n) is 15.4. The molecule has 46 heavy (non-hydrogen) atoms. The zero-order valence-corrected chi connectivity index (χ0v) is 26.3. The maximum atomic E-state index is 13.7. The van der Waals surface area contributed by atoms with Crippen molar-refractivity contribution in [1.29, 1.82) is 0 Å². The minimum atomic E-state index is -1.11. The molecule has 1 fully saturated rings. The average Bonchev–Trinajstić information content (AvgIpc) is 3.56. The molecule has 2 aromatic carbocycles. The largest absolute Gasteiger partial charge is 0.454 e. The molecule has 0 spiro atoms. The lowest BCUT2D eigenvalue weighted by Gasteiger charge is -2.31. The molecule has 248 valence electrons. The van der Waals surface area contributed by atoms with Gasteiger partial charge in [-0.25, -0.2) is 9.59 Å². The van der Waals surface area contributed by atoms with E-state index in [0.29, 0.717) is 18.5 Å². The average molecular weight is 636 g/mol. The Labute approximate surface area is 270 Å². The second-order valence-electron chi connectivity index (χ2n) is 11.1. The fourth-order valence-corrected chi connectivity index (χ4v) is 5.37. The van der Waals surface area contributed by atoms with Crippen LogP contribution in [0.2, 0.25) is 0 Å². The number of amides is 3. The number of likely N-dealkylation sites (tertiary alicyclic amines) is 1. The van der Waals surface area contributed by atoms with Crippen LogP contribution in [0.1, 0.15) is 49.3 Å². The van der Waals surface area contributed by atoms with E-state index < -0.39 is 42.1 Å². The third-order valence-corrected chi connectivity index (χ3v) is 7.75. The molecule has 1 saturated heterocycles. The molecule has 3 N–H and O–H groups in total. The molecule has 0 radical (unpaired) electrons. The molecular formula is C35H45N3O8. The number of nitrogens with one attached hydrogen (secondary N) is 2. The first-order valence-corrected chi connectivity index (χ1v) is 15.4. The van der Waals surface area contributed by atoms with Crippen LogP contribution in [-0.2, 0) is 35.2 Å². The van der Waals surface area contributed by atoms with Gasteiger partial charge in [-0.2, -0.15) is 0 Å². The number of allylic oxidation sites excluding steroid dienone is 1. The highest BCUT2D eigenvalue weighted by atomic mass is 16.6. The van der Waals surface area contributed by atoms with Crippen LogP contribution in [0.25, 0.3) is 0 Å². The molecule has 5 atom stereocenters. The third kappa shape index (κ3) is 10.8. The lowest BCUT2D eigenvalue weighted by molar-refractivity contribution is -0.155. The fraction of sp³-hybridized carbons (Fsp3) is 0.429. The number of rotatable bonds is 18.